The zero-order valence-electron chi connectivity index (χ0n) is 8.96. The first-order valence-corrected chi connectivity index (χ1v) is 5.59. The Morgan fingerprint density at radius 2 is 2.18 bits per heavy atom. The van der Waals surface area contributed by atoms with Crippen LogP contribution >= 0.6 is 24.0 Å². The van der Waals surface area contributed by atoms with Crippen LogP contribution in [0.15, 0.2) is 27.4 Å². The largest absolute Gasteiger partial charge is 0.458 e. The summed E-state index contributed by atoms with van der Waals surface area (Å²) in [6.07, 6.45) is 0.722. The molecule has 5 heteroatoms. The molecule has 90 valence electrons. The van der Waals surface area contributed by atoms with Gasteiger partial charge in [-0.15, -0.1) is 12.4 Å². The van der Waals surface area contributed by atoms with E-state index >= 15 is 0 Å². The Morgan fingerprint density at radius 1 is 1.35 bits per heavy atom. The van der Waals surface area contributed by atoms with Crippen molar-refractivity contribution < 1.29 is 4.42 Å². The van der Waals surface area contributed by atoms with Crippen LogP contribution in [0.1, 0.15) is 11.3 Å². The minimum absolute atomic E-state index is 0. The van der Waals surface area contributed by atoms with Gasteiger partial charge in [0, 0.05) is 5.56 Å². The maximum absolute atomic E-state index is 12.2. The number of benzene rings is 1. The normalized spacial score (nSPS) is 14.2. The van der Waals surface area contributed by atoms with Crippen LogP contribution in [-0.4, -0.2) is 6.54 Å². The van der Waals surface area contributed by atoms with Crippen LogP contribution in [0.25, 0.3) is 11.0 Å². The maximum atomic E-state index is 12.2. The van der Waals surface area contributed by atoms with Crippen molar-refractivity contribution in [1.82, 2.24) is 5.32 Å². The molecule has 0 spiro atoms. The highest BCUT2D eigenvalue weighted by atomic mass is 35.5. The zero-order valence-corrected chi connectivity index (χ0v) is 10.5. The number of hydrogen-bond donors (Lipinski definition) is 1. The monoisotopic (exact) mass is 271 g/mol. The summed E-state index contributed by atoms with van der Waals surface area (Å²) in [5.74, 6) is 0.719. The Morgan fingerprint density at radius 3 is 3.00 bits per heavy atom. The average molecular weight is 272 g/mol. The van der Waals surface area contributed by atoms with Gasteiger partial charge in [0.25, 0.3) is 0 Å². The van der Waals surface area contributed by atoms with Crippen molar-refractivity contribution in [3.63, 3.8) is 0 Å². The van der Waals surface area contributed by atoms with Gasteiger partial charge >= 0.3 is 0 Å². The first-order valence-electron chi connectivity index (χ1n) is 5.21. The van der Waals surface area contributed by atoms with Gasteiger partial charge in [0.2, 0.25) is 0 Å². The molecule has 2 heterocycles. The third kappa shape index (κ3) is 1.95. The average Bonchev–Trinajstić information content (AvgIpc) is 2.31. The predicted octanol–water partition coefficient (Wildman–Crippen LogP) is 2.51. The van der Waals surface area contributed by atoms with E-state index < -0.39 is 0 Å². The van der Waals surface area contributed by atoms with E-state index in [2.05, 4.69) is 5.32 Å². The second-order valence-corrected chi connectivity index (χ2v) is 4.28. The summed E-state index contributed by atoms with van der Waals surface area (Å²) in [7, 11) is 0. The van der Waals surface area contributed by atoms with E-state index in [0.29, 0.717) is 22.5 Å². The number of halogens is 2. The molecule has 2 aromatic rings. The standard InChI is InChI=1S/C12H10ClNO2.ClH/c13-9-3-1-2-8-11(15)7-4-5-14-6-10(7)16-12(8)9;/h1-3,14H,4-6H2;1H. The molecule has 0 unspecified atom stereocenters. The zero-order chi connectivity index (χ0) is 11.1. The molecule has 1 aliphatic heterocycles. The van der Waals surface area contributed by atoms with Gasteiger partial charge in [-0.1, -0.05) is 17.7 Å². The van der Waals surface area contributed by atoms with Crippen molar-refractivity contribution in [3.8, 4) is 0 Å². The Labute approximate surface area is 109 Å². The fourth-order valence-corrected chi connectivity index (χ4v) is 2.29. The van der Waals surface area contributed by atoms with Crippen molar-refractivity contribution in [2.24, 2.45) is 0 Å². The van der Waals surface area contributed by atoms with Gasteiger partial charge in [0.1, 0.15) is 5.76 Å². The molecule has 3 nitrogen and oxygen atoms in total. The third-order valence-electron chi connectivity index (χ3n) is 2.88. The SMILES string of the molecule is Cl.O=c1c2c(oc3c(Cl)cccc13)CNCC2. The summed E-state index contributed by atoms with van der Waals surface area (Å²) < 4.78 is 5.70. The lowest BCUT2D eigenvalue weighted by Crippen LogP contribution is -2.28. The fourth-order valence-electron chi connectivity index (χ4n) is 2.08. The van der Waals surface area contributed by atoms with Crippen LogP contribution in [0.5, 0.6) is 0 Å². The van der Waals surface area contributed by atoms with Crippen molar-refractivity contribution in [2.75, 3.05) is 6.54 Å². The molecule has 1 N–H and O–H groups in total. The smallest absolute Gasteiger partial charge is 0.196 e. The van der Waals surface area contributed by atoms with Gasteiger partial charge in [-0.2, -0.15) is 0 Å². The van der Waals surface area contributed by atoms with Crippen LogP contribution in [0.2, 0.25) is 5.02 Å². The first-order chi connectivity index (χ1) is 7.77. The summed E-state index contributed by atoms with van der Waals surface area (Å²) in [5, 5.41) is 4.24. The molecular formula is C12H11Cl2NO2. The molecule has 0 saturated carbocycles. The van der Waals surface area contributed by atoms with Crippen molar-refractivity contribution in [3.05, 3.63) is 44.8 Å². The van der Waals surface area contributed by atoms with E-state index in [0.717, 1.165) is 24.3 Å². The Kier molecular flexibility index (Phi) is 3.43. The Hall–Kier alpha value is -1.03. The van der Waals surface area contributed by atoms with Gasteiger partial charge in [-0.05, 0) is 25.1 Å². The molecule has 0 atom stereocenters. The number of fused-ring (bicyclic) bond motifs is 2. The molecule has 1 aliphatic rings. The number of rotatable bonds is 0. The molecule has 0 amide bonds. The van der Waals surface area contributed by atoms with Crippen LogP contribution in [0.3, 0.4) is 0 Å². The highest BCUT2D eigenvalue weighted by Gasteiger charge is 2.18. The summed E-state index contributed by atoms with van der Waals surface area (Å²) in [6.45, 7) is 1.43. The molecule has 17 heavy (non-hydrogen) atoms. The van der Waals surface area contributed by atoms with Crippen LogP contribution < -0.4 is 10.7 Å². The van der Waals surface area contributed by atoms with Crippen LogP contribution in [-0.2, 0) is 13.0 Å². The highest BCUT2D eigenvalue weighted by molar-refractivity contribution is 6.34. The summed E-state index contributed by atoms with van der Waals surface area (Å²) in [4.78, 5) is 12.2. The summed E-state index contributed by atoms with van der Waals surface area (Å²) >= 11 is 6.02. The van der Waals surface area contributed by atoms with Gasteiger partial charge < -0.3 is 9.73 Å². The lowest BCUT2D eigenvalue weighted by Gasteiger charge is -2.15. The molecule has 1 aromatic heterocycles. The highest BCUT2D eigenvalue weighted by Crippen LogP contribution is 2.24. The molecule has 0 saturated heterocycles. The summed E-state index contributed by atoms with van der Waals surface area (Å²) in [6, 6.07) is 5.26. The van der Waals surface area contributed by atoms with Crippen LogP contribution in [0.4, 0.5) is 0 Å². The second kappa shape index (κ2) is 4.69. The topological polar surface area (TPSA) is 42.2 Å². The van der Waals surface area contributed by atoms with E-state index in [9.17, 15) is 4.79 Å². The molecular weight excluding hydrogens is 261 g/mol. The van der Waals surface area contributed by atoms with Gasteiger partial charge in [-0.3, -0.25) is 4.79 Å². The summed E-state index contributed by atoms with van der Waals surface area (Å²) in [5.41, 5.74) is 1.34. The molecule has 0 bridgehead atoms. The fraction of sp³-hybridized carbons (Fsp3) is 0.250. The van der Waals surface area contributed by atoms with Gasteiger partial charge in [0.15, 0.2) is 11.0 Å². The van der Waals surface area contributed by atoms with E-state index in [1.165, 1.54) is 0 Å². The van der Waals surface area contributed by atoms with E-state index in [4.69, 9.17) is 16.0 Å². The molecule has 3 rings (SSSR count). The van der Waals surface area contributed by atoms with Gasteiger partial charge in [0.05, 0.1) is 17.0 Å². The number of nitrogens with one attached hydrogen (secondary N) is 1. The maximum Gasteiger partial charge on any atom is 0.196 e. The second-order valence-electron chi connectivity index (χ2n) is 3.88. The van der Waals surface area contributed by atoms with Crippen LogP contribution in [0, 0.1) is 0 Å². The first kappa shape index (κ1) is 12.4. The van der Waals surface area contributed by atoms with Crippen molar-refractivity contribution >= 4 is 35.0 Å². The Balaban J connectivity index is 0.00000108. The minimum atomic E-state index is 0. The van der Waals surface area contributed by atoms with E-state index in [-0.39, 0.29) is 17.8 Å². The molecule has 0 fully saturated rings. The molecule has 0 aliphatic carbocycles. The number of para-hydroxylation sites is 1. The quantitative estimate of drug-likeness (QED) is 0.801. The lowest BCUT2D eigenvalue weighted by atomic mass is 10.0. The molecule has 0 radical (unpaired) electrons. The third-order valence-corrected chi connectivity index (χ3v) is 3.18. The lowest BCUT2D eigenvalue weighted by molar-refractivity contribution is 0.470. The molecule has 1 aromatic carbocycles. The van der Waals surface area contributed by atoms with E-state index in [1.807, 2.05) is 0 Å². The predicted molar refractivity (Wildman–Crippen MR) is 70.2 cm³/mol. The number of hydrogen-bond acceptors (Lipinski definition) is 3. The van der Waals surface area contributed by atoms with Gasteiger partial charge in [-0.25, -0.2) is 0 Å². The van der Waals surface area contributed by atoms with Crippen molar-refractivity contribution in [2.45, 2.75) is 13.0 Å². The van der Waals surface area contributed by atoms with E-state index in [1.54, 1.807) is 18.2 Å². The van der Waals surface area contributed by atoms with Crippen molar-refractivity contribution in [1.29, 1.82) is 0 Å². The Bertz CT molecular complexity index is 622. The minimum Gasteiger partial charge on any atom is -0.458 e.